The first-order valence-electron chi connectivity index (χ1n) is 10.3. The molecule has 2 aliphatic rings. The van der Waals surface area contributed by atoms with Crippen molar-refractivity contribution in [2.75, 3.05) is 59.5 Å². The van der Waals surface area contributed by atoms with Crippen molar-refractivity contribution in [3.63, 3.8) is 0 Å². The molecule has 0 spiro atoms. The number of benzene rings is 1. The summed E-state index contributed by atoms with van der Waals surface area (Å²) in [5.41, 5.74) is 1.22. The molecule has 0 bridgehead atoms. The Morgan fingerprint density at radius 1 is 1.14 bits per heavy atom. The number of ether oxygens (including phenoxy) is 1. The quantitative estimate of drug-likeness (QED) is 0.762. The molecule has 1 atom stereocenters. The highest BCUT2D eigenvalue weighted by atomic mass is 16.5. The van der Waals surface area contributed by atoms with E-state index in [-0.39, 0.29) is 18.0 Å². The molecule has 1 aromatic rings. The van der Waals surface area contributed by atoms with Crippen molar-refractivity contribution >= 4 is 11.9 Å². The number of likely N-dealkylation sites (tertiary alicyclic amines) is 1. The second-order valence-electron chi connectivity index (χ2n) is 7.47. The second kappa shape index (κ2) is 10.4. The van der Waals surface area contributed by atoms with Crippen molar-refractivity contribution in [1.29, 1.82) is 0 Å². The Balaban J connectivity index is 1.43. The van der Waals surface area contributed by atoms with Gasteiger partial charge in [0.1, 0.15) is 0 Å². The Morgan fingerprint density at radius 3 is 2.75 bits per heavy atom. The lowest BCUT2D eigenvalue weighted by atomic mass is 10.1. The van der Waals surface area contributed by atoms with Gasteiger partial charge in [-0.15, -0.1) is 0 Å². The summed E-state index contributed by atoms with van der Waals surface area (Å²) >= 11 is 0. The van der Waals surface area contributed by atoms with Gasteiger partial charge in [0.05, 0.1) is 12.6 Å². The third kappa shape index (κ3) is 5.45. The number of hydrogen-bond acceptors (Lipinski definition) is 4. The molecule has 2 heterocycles. The molecule has 28 heavy (non-hydrogen) atoms. The molecule has 1 aromatic carbocycles. The van der Waals surface area contributed by atoms with Crippen molar-refractivity contribution in [2.45, 2.75) is 25.3 Å². The zero-order chi connectivity index (χ0) is 19.8. The molecular weight excluding hydrogens is 356 g/mol. The van der Waals surface area contributed by atoms with E-state index in [4.69, 9.17) is 4.74 Å². The van der Waals surface area contributed by atoms with E-state index in [0.29, 0.717) is 26.2 Å². The first-order valence-corrected chi connectivity index (χ1v) is 10.3. The average Bonchev–Trinajstić information content (AvgIpc) is 2.92. The van der Waals surface area contributed by atoms with Crippen LogP contribution in [0.4, 0.5) is 4.79 Å². The summed E-state index contributed by atoms with van der Waals surface area (Å²) in [5, 5.41) is 3.03. The number of carbonyl (C=O) groups excluding carboxylic acids is 2. The van der Waals surface area contributed by atoms with Crippen molar-refractivity contribution in [1.82, 2.24) is 20.0 Å². The first-order chi connectivity index (χ1) is 13.7. The standard InChI is InChI=1S/C21H32N4O3/c1-28-17-16-24-13-9-19(20(24)26)23-11-5-12-25(15-14-23)21(27)22-10-8-18-6-3-2-4-7-18/h2-4,6-7,19H,5,8-17H2,1H3,(H,22,27)/t19-/m0/s1. The Bertz CT molecular complexity index is 640. The largest absolute Gasteiger partial charge is 0.383 e. The lowest BCUT2D eigenvalue weighted by Gasteiger charge is -2.26. The molecule has 2 saturated heterocycles. The number of amides is 3. The zero-order valence-electron chi connectivity index (χ0n) is 16.8. The van der Waals surface area contributed by atoms with Crippen LogP contribution in [0, 0.1) is 0 Å². The maximum Gasteiger partial charge on any atom is 0.317 e. The molecular formula is C21H32N4O3. The van der Waals surface area contributed by atoms with Gasteiger partial charge in [0.15, 0.2) is 0 Å². The van der Waals surface area contributed by atoms with Crippen LogP contribution >= 0.6 is 0 Å². The number of urea groups is 1. The van der Waals surface area contributed by atoms with Crippen molar-refractivity contribution in [3.05, 3.63) is 35.9 Å². The molecule has 0 saturated carbocycles. The van der Waals surface area contributed by atoms with Crippen molar-refractivity contribution in [3.8, 4) is 0 Å². The van der Waals surface area contributed by atoms with Crippen molar-refractivity contribution < 1.29 is 14.3 Å². The molecule has 7 nitrogen and oxygen atoms in total. The fourth-order valence-electron chi connectivity index (χ4n) is 4.01. The fraction of sp³-hybridized carbons (Fsp3) is 0.619. The Morgan fingerprint density at radius 2 is 1.96 bits per heavy atom. The van der Waals surface area contributed by atoms with Gasteiger partial charge in [-0.05, 0) is 24.8 Å². The van der Waals surface area contributed by atoms with Crippen LogP contribution in [0.1, 0.15) is 18.4 Å². The van der Waals surface area contributed by atoms with Gasteiger partial charge >= 0.3 is 6.03 Å². The highest BCUT2D eigenvalue weighted by Gasteiger charge is 2.36. The van der Waals surface area contributed by atoms with Gasteiger partial charge in [-0.25, -0.2) is 4.79 Å². The van der Waals surface area contributed by atoms with Crippen LogP contribution in [0.5, 0.6) is 0 Å². The number of carbonyl (C=O) groups is 2. The topological polar surface area (TPSA) is 65.1 Å². The molecule has 0 radical (unpaired) electrons. The maximum absolute atomic E-state index is 12.7. The normalized spacial score (nSPS) is 21.0. The number of hydrogen-bond donors (Lipinski definition) is 1. The summed E-state index contributed by atoms with van der Waals surface area (Å²) in [6.07, 6.45) is 2.60. The summed E-state index contributed by atoms with van der Waals surface area (Å²) in [6, 6.07) is 10.1. The smallest absolute Gasteiger partial charge is 0.317 e. The molecule has 2 aliphatic heterocycles. The Labute approximate surface area is 167 Å². The SMILES string of the molecule is COCCN1CC[C@H](N2CCCN(C(=O)NCCc3ccccc3)CC2)C1=O. The van der Waals surface area contributed by atoms with Gasteiger partial charge in [-0.3, -0.25) is 9.69 Å². The van der Waals surface area contributed by atoms with Crippen molar-refractivity contribution in [2.24, 2.45) is 0 Å². The molecule has 0 aromatic heterocycles. The molecule has 2 fully saturated rings. The summed E-state index contributed by atoms with van der Waals surface area (Å²) in [4.78, 5) is 31.2. The molecule has 154 valence electrons. The highest BCUT2D eigenvalue weighted by Crippen LogP contribution is 2.19. The maximum atomic E-state index is 12.7. The number of nitrogens with one attached hydrogen (secondary N) is 1. The number of nitrogens with zero attached hydrogens (tertiary/aromatic N) is 3. The van der Waals surface area contributed by atoms with Crippen LogP contribution in [0.15, 0.2) is 30.3 Å². The minimum atomic E-state index is -0.0436. The van der Waals surface area contributed by atoms with E-state index in [0.717, 1.165) is 45.4 Å². The molecule has 3 rings (SSSR count). The minimum Gasteiger partial charge on any atom is -0.383 e. The minimum absolute atomic E-state index is 0.00255. The lowest BCUT2D eigenvalue weighted by Crippen LogP contribution is -2.45. The second-order valence-corrected chi connectivity index (χ2v) is 7.47. The lowest BCUT2D eigenvalue weighted by molar-refractivity contribution is -0.132. The van der Waals surface area contributed by atoms with Crippen LogP contribution in [0.25, 0.3) is 0 Å². The van der Waals surface area contributed by atoms with E-state index in [9.17, 15) is 9.59 Å². The molecule has 0 aliphatic carbocycles. The molecule has 1 N–H and O–H groups in total. The van der Waals surface area contributed by atoms with Gasteiger partial charge in [0.2, 0.25) is 5.91 Å². The third-order valence-corrected chi connectivity index (χ3v) is 5.63. The van der Waals surface area contributed by atoms with Gasteiger partial charge in [0, 0.05) is 52.9 Å². The predicted octanol–water partition coefficient (Wildman–Crippen LogP) is 1.19. The first kappa shape index (κ1) is 20.6. The third-order valence-electron chi connectivity index (χ3n) is 5.63. The van der Waals surface area contributed by atoms with E-state index in [1.165, 1.54) is 5.56 Å². The van der Waals surface area contributed by atoms with E-state index in [1.807, 2.05) is 28.0 Å². The van der Waals surface area contributed by atoms with Gasteiger partial charge in [-0.2, -0.15) is 0 Å². The van der Waals surface area contributed by atoms with Gasteiger partial charge in [-0.1, -0.05) is 30.3 Å². The van der Waals surface area contributed by atoms with Crippen LogP contribution in [-0.4, -0.2) is 92.2 Å². The van der Waals surface area contributed by atoms with Gasteiger partial charge < -0.3 is 19.9 Å². The van der Waals surface area contributed by atoms with E-state index >= 15 is 0 Å². The van der Waals surface area contributed by atoms with Gasteiger partial charge in [0.25, 0.3) is 0 Å². The summed E-state index contributed by atoms with van der Waals surface area (Å²) in [5.74, 6) is 0.206. The molecule has 3 amide bonds. The fourth-order valence-corrected chi connectivity index (χ4v) is 4.01. The molecule has 0 unspecified atom stereocenters. The summed E-state index contributed by atoms with van der Waals surface area (Å²) in [6.45, 7) is 5.70. The molecule has 7 heteroatoms. The summed E-state index contributed by atoms with van der Waals surface area (Å²) < 4.78 is 5.10. The number of methoxy groups -OCH3 is 1. The Kier molecular flexibility index (Phi) is 7.68. The Hall–Kier alpha value is -2.12. The average molecular weight is 389 g/mol. The monoisotopic (exact) mass is 388 g/mol. The van der Waals surface area contributed by atoms with Crippen LogP contribution in [0.2, 0.25) is 0 Å². The zero-order valence-corrected chi connectivity index (χ0v) is 16.8. The van der Waals surface area contributed by atoms with E-state index in [2.05, 4.69) is 22.3 Å². The van der Waals surface area contributed by atoms with E-state index in [1.54, 1.807) is 7.11 Å². The highest BCUT2D eigenvalue weighted by molar-refractivity contribution is 5.84. The van der Waals surface area contributed by atoms with Crippen LogP contribution in [-0.2, 0) is 16.0 Å². The van der Waals surface area contributed by atoms with Crippen LogP contribution in [0.3, 0.4) is 0 Å². The predicted molar refractivity (Wildman–Crippen MR) is 108 cm³/mol. The van der Waals surface area contributed by atoms with Crippen LogP contribution < -0.4 is 5.32 Å². The number of rotatable bonds is 7. The summed E-state index contributed by atoms with van der Waals surface area (Å²) in [7, 11) is 1.66. The van der Waals surface area contributed by atoms with E-state index < -0.39 is 0 Å².